The molecule has 112 valence electrons. The lowest BCUT2D eigenvalue weighted by molar-refractivity contribution is 0.0513. The molecule has 0 saturated carbocycles. The third-order valence-corrected chi connectivity index (χ3v) is 2.54. The first-order valence-electron chi connectivity index (χ1n) is 6.77. The molecule has 2 amide bonds. The van der Waals surface area contributed by atoms with Crippen molar-refractivity contribution in [3.05, 3.63) is 35.4 Å². The summed E-state index contributed by atoms with van der Waals surface area (Å²) in [7, 11) is 0. The molecule has 1 aromatic rings. The smallest absolute Gasteiger partial charge is 0.338 e. The van der Waals surface area contributed by atoms with Crippen molar-refractivity contribution in [2.45, 2.75) is 32.9 Å². The van der Waals surface area contributed by atoms with E-state index in [1.165, 1.54) is 0 Å². The van der Waals surface area contributed by atoms with Crippen LogP contribution in [0.1, 0.15) is 36.2 Å². The van der Waals surface area contributed by atoms with Crippen LogP contribution in [0.15, 0.2) is 24.3 Å². The number of nitrogens with one attached hydrogen (secondary N) is 2. The standard InChI is InChI=1S/C16H20N2O3/c1-4-5-10-21-15(19)14-8-6-13(7-9-14)11-17-16(20)18-12(2)3/h1,6-9,12H,5,10-11H2,2-3H3,(H2,17,18,20). The average molecular weight is 288 g/mol. The molecular formula is C16H20N2O3. The van der Waals surface area contributed by atoms with Gasteiger partial charge in [0.15, 0.2) is 0 Å². The van der Waals surface area contributed by atoms with Crippen molar-refractivity contribution in [1.82, 2.24) is 10.6 Å². The second kappa shape index (κ2) is 8.64. The lowest BCUT2D eigenvalue weighted by Crippen LogP contribution is -2.39. The Bertz CT molecular complexity index is 515. The van der Waals surface area contributed by atoms with E-state index in [1.54, 1.807) is 24.3 Å². The summed E-state index contributed by atoms with van der Waals surface area (Å²) < 4.78 is 4.99. The van der Waals surface area contributed by atoms with Gasteiger partial charge in [0.05, 0.1) is 5.56 Å². The molecule has 0 aliphatic heterocycles. The zero-order valence-electron chi connectivity index (χ0n) is 12.3. The predicted octanol–water partition coefficient (Wildman–Crippen LogP) is 2.07. The van der Waals surface area contributed by atoms with E-state index in [0.717, 1.165) is 5.56 Å². The fourth-order valence-electron chi connectivity index (χ4n) is 1.54. The fourth-order valence-corrected chi connectivity index (χ4v) is 1.54. The Morgan fingerprint density at radius 2 is 1.95 bits per heavy atom. The lowest BCUT2D eigenvalue weighted by atomic mass is 10.1. The van der Waals surface area contributed by atoms with Crippen LogP contribution in [0.3, 0.4) is 0 Å². The van der Waals surface area contributed by atoms with Crippen molar-refractivity contribution < 1.29 is 14.3 Å². The van der Waals surface area contributed by atoms with Gasteiger partial charge in [0.1, 0.15) is 6.61 Å². The molecule has 0 bridgehead atoms. The molecule has 0 aliphatic carbocycles. The molecule has 0 atom stereocenters. The molecule has 5 nitrogen and oxygen atoms in total. The number of hydrogen-bond acceptors (Lipinski definition) is 3. The van der Waals surface area contributed by atoms with Gasteiger partial charge in [0.2, 0.25) is 0 Å². The molecule has 0 spiro atoms. The Kier molecular flexibility index (Phi) is 6.82. The van der Waals surface area contributed by atoms with Gasteiger partial charge in [-0.25, -0.2) is 9.59 Å². The highest BCUT2D eigenvalue weighted by molar-refractivity contribution is 5.89. The molecule has 0 saturated heterocycles. The summed E-state index contributed by atoms with van der Waals surface area (Å²) in [5, 5.41) is 5.46. The van der Waals surface area contributed by atoms with Gasteiger partial charge in [-0.3, -0.25) is 0 Å². The molecule has 0 aliphatic rings. The lowest BCUT2D eigenvalue weighted by Gasteiger charge is -2.10. The molecule has 0 unspecified atom stereocenters. The van der Waals surface area contributed by atoms with Crippen molar-refractivity contribution in [2.75, 3.05) is 6.61 Å². The summed E-state index contributed by atoms with van der Waals surface area (Å²) in [6.45, 7) is 4.39. The molecule has 2 N–H and O–H groups in total. The highest BCUT2D eigenvalue weighted by Gasteiger charge is 2.07. The van der Waals surface area contributed by atoms with Gasteiger partial charge in [-0.15, -0.1) is 12.3 Å². The van der Waals surface area contributed by atoms with E-state index in [0.29, 0.717) is 18.5 Å². The largest absolute Gasteiger partial charge is 0.461 e. The highest BCUT2D eigenvalue weighted by Crippen LogP contribution is 2.06. The van der Waals surface area contributed by atoms with Crippen molar-refractivity contribution in [2.24, 2.45) is 0 Å². The molecule has 0 aromatic heterocycles. The fraction of sp³-hybridized carbons (Fsp3) is 0.375. The van der Waals surface area contributed by atoms with Crippen LogP contribution in [-0.2, 0) is 11.3 Å². The summed E-state index contributed by atoms with van der Waals surface area (Å²) in [4.78, 5) is 23.1. The zero-order chi connectivity index (χ0) is 15.7. The minimum atomic E-state index is -0.401. The first kappa shape index (κ1) is 16.6. The van der Waals surface area contributed by atoms with Gasteiger partial charge in [-0.05, 0) is 31.5 Å². The first-order chi connectivity index (χ1) is 10.0. The SMILES string of the molecule is C#CCCOC(=O)c1ccc(CNC(=O)NC(C)C)cc1. The monoisotopic (exact) mass is 288 g/mol. The molecule has 1 rings (SSSR count). The Labute approximate surface area is 125 Å². The number of urea groups is 1. The number of ether oxygens (including phenoxy) is 1. The summed E-state index contributed by atoms with van der Waals surface area (Å²) in [6, 6.07) is 6.74. The van der Waals surface area contributed by atoms with Crippen LogP contribution < -0.4 is 10.6 Å². The van der Waals surface area contributed by atoms with Gasteiger partial charge in [-0.1, -0.05) is 12.1 Å². The third-order valence-electron chi connectivity index (χ3n) is 2.54. The maximum atomic E-state index is 11.6. The normalized spacial score (nSPS) is 9.81. The Morgan fingerprint density at radius 1 is 1.29 bits per heavy atom. The summed E-state index contributed by atoms with van der Waals surface area (Å²) in [6.07, 6.45) is 5.48. The van der Waals surface area contributed by atoms with E-state index >= 15 is 0 Å². The second-order valence-electron chi connectivity index (χ2n) is 4.77. The van der Waals surface area contributed by atoms with Crippen LogP contribution in [0, 0.1) is 12.3 Å². The quantitative estimate of drug-likeness (QED) is 0.478. The summed E-state index contributed by atoms with van der Waals surface area (Å²) in [5.41, 5.74) is 1.36. The van der Waals surface area contributed by atoms with E-state index in [4.69, 9.17) is 11.2 Å². The van der Waals surface area contributed by atoms with Crippen LogP contribution >= 0.6 is 0 Å². The minimum Gasteiger partial charge on any atom is -0.461 e. The maximum absolute atomic E-state index is 11.6. The molecule has 5 heteroatoms. The number of rotatable bonds is 6. The summed E-state index contributed by atoms with van der Waals surface area (Å²) in [5.74, 6) is 2.00. The second-order valence-corrected chi connectivity index (χ2v) is 4.77. The topological polar surface area (TPSA) is 67.4 Å². The van der Waals surface area contributed by atoms with Crippen LogP contribution in [0.2, 0.25) is 0 Å². The number of amides is 2. The van der Waals surface area contributed by atoms with Crippen LogP contribution in [-0.4, -0.2) is 24.6 Å². The van der Waals surface area contributed by atoms with Crippen molar-refractivity contribution in [3.63, 3.8) is 0 Å². The van der Waals surface area contributed by atoms with E-state index < -0.39 is 5.97 Å². The van der Waals surface area contributed by atoms with Gasteiger partial charge in [0, 0.05) is 19.0 Å². The Hall–Kier alpha value is -2.48. The Morgan fingerprint density at radius 3 is 2.52 bits per heavy atom. The van der Waals surface area contributed by atoms with Crippen molar-refractivity contribution >= 4 is 12.0 Å². The van der Waals surface area contributed by atoms with Crippen molar-refractivity contribution in [3.8, 4) is 12.3 Å². The average Bonchev–Trinajstić information content (AvgIpc) is 2.45. The van der Waals surface area contributed by atoms with Gasteiger partial charge in [0.25, 0.3) is 0 Å². The van der Waals surface area contributed by atoms with Gasteiger partial charge in [-0.2, -0.15) is 0 Å². The Balaban J connectivity index is 2.45. The zero-order valence-corrected chi connectivity index (χ0v) is 12.3. The van der Waals surface area contributed by atoms with Gasteiger partial charge < -0.3 is 15.4 Å². The third kappa shape index (κ3) is 6.48. The number of carbonyl (C=O) groups excluding carboxylic acids is 2. The molecule has 0 heterocycles. The number of benzene rings is 1. The van der Waals surface area contributed by atoms with Crippen LogP contribution in [0.4, 0.5) is 4.79 Å². The number of terminal acetylenes is 1. The molecule has 21 heavy (non-hydrogen) atoms. The number of esters is 1. The minimum absolute atomic E-state index is 0.0881. The van der Waals surface area contributed by atoms with Crippen LogP contribution in [0.5, 0.6) is 0 Å². The van der Waals surface area contributed by atoms with Gasteiger partial charge >= 0.3 is 12.0 Å². The van der Waals surface area contributed by atoms with E-state index in [-0.39, 0.29) is 18.7 Å². The van der Waals surface area contributed by atoms with E-state index in [2.05, 4.69) is 16.6 Å². The molecule has 1 aromatic carbocycles. The highest BCUT2D eigenvalue weighted by atomic mass is 16.5. The number of carbonyl (C=O) groups is 2. The maximum Gasteiger partial charge on any atom is 0.338 e. The van der Waals surface area contributed by atoms with E-state index in [1.807, 2.05) is 13.8 Å². The van der Waals surface area contributed by atoms with Crippen LogP contribution in [0.25, 0.3) is 0 Å². The molecule has 0 fully saturated rings. The van der Waals surface area contributed by atoms with E-state index in [9.17, 15) is 9.59 Å². The predicted molar refractivity (Wildman–Crippen MR) is 80.7 cm³/mol. The molecule has 0 radical (unpaired) electrons. The van der Waals surface area contributed by atoms with Crippen molar-refractivity contribution in [1.29, 1.82) is 0 Å². The first-order valence-corrected chi connectivity index (χ1v) is 6.77. The molecular weight excluding hydrogens is 268 g/mol. The number of hydrogen-bond donors (Lipinski definition) is 2. The summed E-state index contributed by atoms with van der Waals surface area (Å²) >= 11 is 0.